The van der Waals surface area contributed by atoms with Crippen molar-refractivity contribution < 1.29 is 4.74 Å². The van der Waals surface area contributed by atoms with Crippen LogP contribution in [0.5, 0.6) is 5.75 Å². The topological polar surface area (TPSA) is 34.1 Å². The number of aryl methyl sites for hydroxylation is 1. The van der Waals surface area contributed by atoms with E-state index in [4.69, 9.17) is 4.74 Å². The van der Waals surface area contributed by atoms with Gasteiger partial charge in [0.15, 0.2) is 0 Å². The fourth-order valence-electron chi connectivity index (χ4n) is 2.01. The Bertz CT molecular complexity index is 522. The summed E-state index contributed by atoms with van der Waals surface area (Å²) in [6.45, 7) is 6.87. The molecule has 3 nitrogen and oxygen atoms in total. The zero-order chi connectivity index (χ0) is 14.9. The highest BCUT2D eigenvalue weighted by molar-refractivity contribution is 7.09. The molecular weight excluding hydrogens is 280 g/mol. The van der Waals surface area contributed by atoms with E-state index in [1.54, 1.807) is 11.3 Å². The fourth-order valence-corrected chi connectivity index (χ4v) is 2.90. The molecule has 1 heterocycles. The molecule has 4 heteroatoms. The predicted octanol–water partition coefficient (Wildman–Crippen LogP) is 4.17. The number of nitrogens with zero attached hydrogens (tertiary/aromatic N) is 1. The number of aromatic nitrogens is 1. The van der Waals surface area contributed by atoms with Gasteiger partial charge in [0.1, 0.15) is 12.4 Å². The molecule has 0 aliphatic heterocycles. The van der Waals surface area contributed by atoms with Crippen LogP contribution in [0.2, 0.25) is 0 Å². The second-order valence-electron chi connectivity index (χ2n) is 5.09. The highest BCUT2D eigenvalue weighted by atomic mass is 32.1. The second-order valence-corrected chi connectivity index (χ2v) is 6.03. The average molecular weight is 304 g/mol. The van der Waals surface area contributed by atoms with E-state index in [0.717, 1.165) is 43.8 Å². The Morgan fingerprint density at radius 3 is 2.67 bits per heavy atom. The third kappa shape index (κ3) is 5.48. The number of hydrogen-bond donors (Lipinski definition) is 1. The lowest BCUT2D eigenvalue weighted by molar-refractivity contribution is 0.302. The van der Waals surface area contributed by atoms with Gasteiger partial charge in [0, 0.05) is 11.9 Å². The zero-order valence-corrected chi connectivity index (χ0v) is 13.7. The molecule has 21 heavy (non-hydrogen) atoms. The maximum atomic E-state index is 5.79. The van der Waals surface area contributed by atoms with Crippen LogP contribution < -0.4 is 10.1 Å². The van der Waals surface area contributed by atoms with Crippen molar-refractivity contribution in [3.8, 4) is 5.75 Å². The third-order valence-electron chi connectivity index (χ3n) is 3.13. The lowest BCUT2D eigenvalue weighted by Crippen LogP contribution is -2.13. The van der Waals surface area contributed by atoms with Crippen molar-refractivity contribution in [2.75, 3.05) is 6.54 Å². The van der Waals surface area contributed by atoms with Crippen molar-refractivity contribution in [1.29, 1.82) is 0 Å². The van der Waals surface area contributed by atoms with Gasteiger partial charge in [-0.2, -0.15) is 0 Å². The molecule has 0 saturated heterocycles. The summed E-state index contributed by atoms with van der Waals surface area (Å²) in [6, 6.07) is 8.29. The number of benzene rings is 1. The summed E-state index contributed by atoms with van der Waals surface area (Å²) < 4.78 is 5.79. The van der Waals surface area contributed by atoms with Crippen molar-refractivity contribution in [3.63, 3.8) is 0 Å². The van der Waals surface area contributed by atoms with Crippen LogP contribution in [0.4, 0.5) is 0 Å². The highest BCUT2D eigenvalue weighted by Crippen LogP contribution is 2.16. The van der Waals surface area contributed by atoms with Crippen molar-refractivity contribution in [1.82, 2.24) is 10.3 Å². The minimum Gasteiger partial charge on any atom is -0.487 e. The van der Waals surface area contributed by atoms with E-state index in [1.165, 1.54) is 10.6 Å². The molecule has 114 valence electrons. The van der Waals surface area contributed by atoms with Crippen LogP contribution in [0, 0.1) is 0 Å². The third-order valence-corrected chi connectivity index (χ3v) is 4.09. The first-order valence-electron chi connectivity index (χ1n) is 7.67. The normalized spacial score (nSPS) is 10.8. The van der Waals surface area contributed by atoms with E-state index in [-0.39, 0.29) is 0 Å². The van der Waals surface area contributed by atoms with Crippen LogP contribution in [-0.2, 0) is 19.6 Å². The van der Waals surface area contributed by atoms with Crippen molar-refractivity contribution >= 4 is 11.3 Å². The van der Waals surface area contributed by atoms with Gasteiger partial charge in [-0.15, -0.1) is 11.3 Å². The number of ether oxygens (including phenoxy) is 1. The van der Waals surface area contributed by atoms with Crippen molar-refractivity contribution in [2.45, 2.75) is 46.3 Å². The molecule has 0 saturated carbocycles. The first kappa shape index (κ1) is 16.0. The largest absolute Gasteiger partial charge is 0.487 e. The van der Waals surface area contributed by atoms with E-state index in [9.17, 15) is 0 Å². The van der Waals surface area contributed by atoms with Gasteiger partial charge in [-0.3, -0.25) is 0 Å². The van der Waals surface area contributed by atoms with Gasteiger partial charge >= 0.3 is 0 Å². The van der Waals surface area contributed by atoms with E-state index >= 15 is 0 Å². The molecule has 0 radical (unpaired) electrons. The van der Waals surface area contributed by atoms with Gasteiger partial charge < -0.3 is 10.1 Å². The Morgan fingerprint density at radius 1 is 1.14 bits per heavy atom. The molecule has 0 unspecified atom stereocenters. The van der Waals surface area contributed by atoms with Crippen molar-refractivity contribution in [3.05, 3.63) is 45.9 Å². The molecule has 1 aromatic heterocycles. The Hall–Kier alpha value is -1.39. The molecule has 0 atom stereocenters. The van der Waals surface area contributed by atoms with Crippen LogP contribution in [0.1, 0.15) is 43.0 Å². The average Bonchev–Trinajstić information content (AvgIpc) is 2.95. The van der Waals surface area contributed by atoms with E-state index in [0.29, 0.717) is 6.61 Å². The van der Waals surface area contributed by atoms with Gasteiger partial charge in [-0.25, -0.2) is 4.98 Å². The SMILES string of the molecule is CCCNCc1ccc(OCc2csc(CCC)n2)cc1. The van der Waals surface area contributed by atoms with Crippen LogP contribution in [0.15, 0.2) is 29.6 Å². The maximum absolute atomic E-state index is 5.79. The first-order valence-corrected chi connectivity index (χ1v) is 8.55. The molecule has 0 fully saturated rings. The van der Waals surface area contributed by atoms with Gasteiger partial charge in [0.2, 0.25) is 0 Å². The lowest BCUT2D eigenvalue weighted by atomic mass is 10.2. The lowest BCUT2D eigenvalue weighted by Gasteiger charge is -2.06. The summed E-state index contributed by atoms with van der Waals surface area (Å²) in [5, 5.41) is 6.69. The zero-order valence-electron chi connectivity index (χ0n) is 12.9. The molecule has 1 aromatic carbocycles. The van der Waals surface area contributed by atoms with Crippen LogP contribution in [0.25, 0.3) is 0 Å². The summed E-state index contributed by atoms with van der Waals surface area (Å²) in [7, 11) is 0. The van der Waals surface area contributed by atoms with Crippen LogP contribution in [-0.4, -0.2) is 11.5 Å². The van der Waals surface area contributed by atoms with Gasteiger partial charge in [0.05, 0.1) is 10.7 Å². The summed E-state index contributed by atoms with van der Waals surface area (Å²) >= 11 is 1.72. The Labute approximate surface area is 131 Å². The quantitative estimate of drug-likeness (QED) is 0.706. The van der Waals surface area contributed by atoms with E-state index in [2.05, 4.69) is 41.7 Å². The molecule has 1 N–H and O–H groups in total. The van der Waals surface area contributed by atoms with Crippen molar-refractivity contribution in [2.24, 2.45) is 0 Å². The molecular formula is C17H24N2OS. The van der Waals surface area contributed by atoms with E-state index in [1.807, 2.05) is 12.1 Å². The monoisotopic (exact) mass is 304 g/mol. The Morgan fingerprint density at radius 2 is 1.95 bits per heavy atom. The summed E-state index contributed by atoms with van der Waals surface area (Å²) in [5.74, 6) is 0.902. The molecule has 0 spiro atoms. The molecule has 2 rings (SSSR count). The van der Waals surface area contributed by atoms with Crippen LogP contribution in [0.3, 0.4) is 0 Å². The molecule has 0 amide bonds. The highest BCUT2D eigenvalue weighted by Gasteiger charge is 2.02. The van der Waals surface area contributed by atoms with Gasteiger partial charge in [0.25, 0.3) is 0 Å². The number of rotatable bonds is 9. The molecule has 0 aliphatic carbocycles. The van der Waals surface area contributed by atoms with Gasteiger partial charge in [-0.1, -0.05) is 26.0 Å². The fraction of sp³-hybridized carbons (Fsp3) is 0.471. The second kappa shape index (κ2) is 8.80. The maximum Gasteiger partial charge on any atom is 0.131 e. The standard InChI is InChI=1S/C17H24N2OS/c1-3-5-17-19-15(13-21-17)12-20-16-8-6-14(7-9-16)11-18-10-4-2/h6-9,13,18H,3-5,10-12H2,1-2H3. The number of nitrogens with one attached hydrogen (secondary N) is 1. The van der Waals surface area contributed by atoms with Crippen LogP contribution >= 0.6 is 11.3 Å². The first-order chi connectivity index (χ1) is 10.3. The molecule has 0 bridgehead atoms. The summed E-state index contributed by atoms with van der Waals surface area (Å²) in [5.41, 5.74) is 2.31. The number of thiazole rings is 1. The van der Waals surface area contributed by atoms with E-state index < -0.39 is 0 Å². The minimum absolute atomic E-state index is 0.549. The smallest absolute Gasteiger partial charge is 0.131 e. The Kier molecular flexibility index (Phi) is 6.70. The Balaban J connectivity index is 1.79. The predicted molar refractivity (Wildman–Crippen MR) is 88.9 cm³/mol. The molecule has 0 aliphatic rings. The summed E-state index contributed by atoms with van der Waals surface area (Å²) in [6.07, 6.45) is 3.36. The number of hydrogen-bond acceptors (Lipinski definition) is 4. The van der Waals surface area contributed by atoms with Gasteiger partial charge in [-0.05, 0) is 43.5 Å². The summed E-state index contributed by atoms with van der Waals surface area (Å²) in [4.78, 5) is 4.57. The molecule has 2 aromatic rings. The minimum atomic E-state index is 0.549.